The number of rotatable bonds is 1. The van der Waals surface area contributed by atoms with Gasteiger partial charge < -0.3 is 5.32 Å². The normalized spacial score (nSPS) is 15.9. The minimum Gasteiger partial charge on any atom is -0.321 e. The van der Waals surface area contributed by atoms with E-state index in [2.05, 4.69) is 10.4 Å². The van der Waals surface area contributed by atoms with Gasteiger partial charge >= 0.3 is 0 Å². The van der Waals surface area contributed by atoms with Crippen LogP contribution >= 0.6 is 11.6 Å². The Kier molecular flexibility index (Phi) is 2.45. The van der Waals surface area contributed by atoms with Gasteiger partial charge in [-0.25, -0.2) is 0 Å². The number of aryl methyl sites for hydroxylation is 1. The van der Waals surface area contributed by atoms with E-state index in [1.54, 1.807) is 23.0 Å². The fraction of sp³-hybridized carbons (Fsp3) is 0.0769. The summed E-state index contributed by atoms with van der Waals surface area (Å²) in [5, 5.41) is 7.48. The lowest BCUT2D eigenvalue weighted by atomic mass is 10.1. The van der Waals surface area contributed by atoms with Crippen molar-refractivity contribution in [2.75, 3.05) is 5.32 Å². The molecule has 1 aromatic carbocycles. The van der Waals surface area contributed by atoms with E-state index in [9.17, 15) is 4.79 Å². The maximum atomic E-state index is 11.9. The number of hydrogen-bond acceptors (Lipinski definition) is 2. The van der Waals surface area contributed by atoms with Crippen LogP contribution < -0.4 is 5.32 Å². The van der Waals surface area contributed by atoms with Gasteiger partial charge in [-0.1, -0.05) is 17.7 Å². The number of nitrogens with zero attached hydrogens (tertiary/aromatic N) is 2. The fourth-order valence-corrected chi connectivity index (χ4v) is 2.16. The van der Waals surface area contributed by atoms with Gasteiger partial charge in [-0.15, -0.1) is 0 Å². The molecule has 2 aromatic rings. The van der Waals surface area contributed by atoms with Crippen molar-refractivity contribution in [3.05, 3.63) is 46.7 Å². The van der Waals surface area contributed by atoms with E-state index in [-0.39, 0.29) is 5.91 Å². The first-order valence-electron chi connectivity index (χ1n) is 5.45. The average molecular weight is 260 g/mol. The standard InChI is InChI=1S/C13H10ClN3O/c1-17-7-8(6-15-17)4-11-10-3-2-9(14)5-12(10)16-13(11)18/h2-7H,1H3,(H,16,18)/b11-4+. The van der Waals surface area contributed by atoms with Crippen LogP contribution in [0.4, 0.5) is 5.69 Å². The molecule has 0 radical (unpaired) electrons. The first kappa shape index (κ1) is 11.0. The Balaban J connectivity index is 2.09. The van der Waals surface area contributed by atoms with Crippen LogP contribution in [-0.4, -0.2) is 15.7 Å². The summed E-state index contributed by atoms with van der Waals surface area (Å²) in [7, 11) is 1.84. The quantitative estimate of drug-likeness (QED) is 0.800. The predicted molar refractivity (Wildman–Crippen MR) is 71.2 cm³/mol. The van der Waals surface area contributed by atoms with Crippen molar-refractivity contribution in [2.45, 2.75) is 0 Å². The molecule has 1 aromatic heterocycles. The molecule has 0 saturated heterocycles. The molecule has 0 saturated carbocycles. The summed E-state index contributed by atoms with van der Waals surface area (Å²) in [5.41, 5.74) is 3.15. The summed E-state index contributed by atoms with van der Waals surface area (Å²) in [6, 6.07) is 5.37. The number of fused-ring (bicyclic) bond motifs is 1. The number of carbonyl (C=O) groups excluding carboxylic acids is 1. The molecule has 4 nitrogen and oxygen atoms in total. The van der Waals surface area contributed by atoms with Crippen molar-refractivity contribution in [1.29, 1.82) is 0 Å². The first-order valence-corrected chi connectivity index (χ1v) is 5.83. The molecule has 1 amide bonds. The van der Waals surface area contributed by atoms with Crippen molar-refractivity contribution >= 4 is 34.8 Å². The van der Waals surface area contributed by atoms with Crippen LogP contribution in [0.15, 0.2) is 30.6 Å². The number of hydrogen-bond donors (Lipinski definition) is 1. The van der Waals surface area contributed by atoms with Crippen LogP contribution in [-0.2, 0) is 11.8 Å². The van der Waals surface area contributed by atoms with E-state index < -0.39 is 0 Å². The number of carbonyl (C=O) groups is 1. The average Bonchev–Trinajstić information content (AvgIpc) is 2.84. The maximum absolute atomic E-state index is 11.9. The van der Waals surface area contributed by atoms with Gasteiger partial charge in [0.15, 0.2) is 0 Å². The Labute approximate surface area is 109 Å². The van der Waals surface area contributed by atoms with Gasteiger partial charge in [0.05, 0.1) is 11.9 Å². The highest BCUT2D eigenvalue weighted by molar-refractivity contribution is 6.36. The molecule has 5 heteroatoms. The second-order valence-electron chi connectivity index (χ2n) is 4.15. The summed E-state index contributed by atoms with van der Waals surface area (Å²) in [4.78, 5) is 11.9. The molecular weight excluding hydrogens is 250 g/mol. The zero-order valence-electron chi connectivity index (χ0n) is 9.64. The Morgan fingerprint density at radius 2 is 2.28 bits per heavy atom. The number of amides is 1. The molecule has 0 fully saturated rings. The molecule has 3 rings (SSSR count). The van der Waals surface area contributed by atoms with E-state index in [4.69, 9.17) is 11.6 Å². The highest BCUT2D eigenvalue weighted by Gasteiger charge is 2.24. The maximum Gasteiger partial charge on any atom is 0.256 e. The highest BCUT2D eigenvalue weighted by Crippen LogP contribution is 2.34. The lowest BCUT2D eigenvalue weighted by molar-refractivity contribution is -0.110. The summed E-state index contributed by atoms with van der Waals surface area (Å²) in [6.07, 6.45) is 5.39. The number of aromatic nitrogens is 2. The van der Waals surface area contributed by atoms with E-state index in [1.807, 2.05) is 25.4 Å². The predicted octanol–water partition coefficient (Wildman–Crippen LogP) is 2.57. The minimum absolute atomic E-state index is 0.115. The topological polar surface area (TPSA) is 46.9 Å². The zero-order valence-corrected chi connectivity index (χ0v) is 10.4. The summed E-state index contributed by atoms with van der Waals surface area (Å²) < 4.78 is 1.70. The van der Waals surface area contributed by atoms with Gasteiger partial charge in [-0.3, -0.25) is 9.48 Å². The molecule has 0 spiro atoms. The van der Waals surface area contributed by atoms with Crippen molar-refractivity contribution in [1.82, 2.24) is 9.78 Å². The van der Waals surface area contributed by atoms with Gasteiger partial charge in [-0.2, -0.15) is 5.10 Å². The SMILES string of the molecule is Cn1cc(/C=C2/C(=O)Nc3cc(Cl)ccc32)cn1. The van der Waals surface area contributed by atoms with Crippen LogP contribution in [0.25, 0.3) is 11.6 Å². The van der Waals surface area contributed by atoms with Crippen molar-refractivity contribution in [3.8, 4) is 0 Å². The zero-order chi connectivity index (χ0) is 12.7. The molecule has 0 aliphatic carbocycles. The fourth-order valence-electron chi connectivity index (χ4n) is 1.99. The third-order valence-corrected chi connectivity index (χ3v) is 3.04. The van der Waals surface area contributed by atoms with E-state index >= 15 is 0 Å². The van der Waals surface area contributed by atoms with Crippen LogP contribution in [0.3, 0.4) is 0 Å². The minimum atomic E-state index is -0.115. The largest absolute Gasteiger partial charge is 0.321 e. The van der Waals surface area contributed by atoms with E-state index in [1.165, 1.54) is 0 Å². The van der Waals surface area contributed by atoms with E-state index in [0.717, 1.165) is 16.8 Å². The third-order valence-electron chi connectivity index (χ3n) is 2.80. The second-order valence-corrected chi connectivity index (χ2v) is 4.59. The van der Waals surface area contributed by atoms with Crippen LogP contribution in [0.5, 0.6) is 0 Å². The van der Waals surface area contributed by atoms with Gasteiger partial charge in [0.25, 0.3) is 5.91 Å². The Hall–Kier alpha value is -2.07. The molecule has 0 unspecified atom stereocenters. The molecule has 0 atom stereocenters. The molecule has 2 heterocycles. The van der Waals surface area contributed by atoms with Crippen LogP contribution in [0.2, 0.25) is 5.02 Å². The van der Waals surface area contributed by atoms with Crippen molar-refractivity contribution in [2.24, 2.45) is 7.05 Å². The van der Waals surface area contributed by atoms with E-state index in [0.29, 0.717) is 10.6 Å². The summed E-state index contributed by atoms with van der Waals surface area (Å²) in [6.45, 7) is 0. The van der Waals surface area contributed by atoms with Crippen LogP contribution in [0.1, 0.15) is 11.1 Å². The molecule has 90 valence electrons. The second kappa shape index (κ2) is 3.99. The smallest absolute Gasteiger partial charge is 0.256 e. The van der Waals surface area contributed by atoms with Gasteiger partial charge in [-0.05, 0) is 18.2 Å². The number of anilines is 1. The Morgan fingerprint density at radius 1 is 1.44 bits per heavy atom. The molecule has 1 aliphatic heterocycles. The number of benzene rings is 1. The number of halogens is 1. The molecule has 1 N–H and O–H groups in total. The molecule has 1 aliphatic rings. The lowest BCUT2D eigenvalue weighted by Crippen LogP contribution is -2.03. The third kappa shape index (κ3) is 1.80. The molecule has 18 heavy (non-hydrogen) atoms. The molecule has 0 bridgehead atoms. The lowest BCUT2D eigenvalue weighted by Gasteiger charge is -1.97. The van der Waals surface area contributed by atoms with Gasteiger partial charge in [0.1, 0.15) is 0 Å². The van der Waals surface area contributed by atoms with Crippen molar-refractivity contribution in [3.63, 3.8) is 0 Å². The molecular formula is C13H10ClN3O. The van der Waals surface area contributed by atoms with Crippen molar-refractivity contribution < 1.29 is 4.79 Å². The number of nitrogens with one attached hydrogen (secondary N) is 1. The van der Waals surface area contributed by atoms with Gasteiger partial charge in [0, 0.05) is 35.0 Å². The monoisotopic (exact) mass is 259 g/mol. The first-order chi connectivity index (χ1) is 8.63. The summed E-state index contributed by atoms with van der Waals surface area (Å²) >= 11 is 5.90. The van der Waals surface area contributed by atoms with Crippen LogP contribution in [0, 0.1) is 0 Å². The van der Waals surface area contributed by atoms with Gasteiger partial charge in [0.2, 0.25) is 0 Å². The Bertz CT molecular complexity index is 673. The summed E-state index contributed by atoms with van der Waals surface area (Å²) in [5.74, 6) is -0.115. The highest BCUT2D eigenvalue weighted by atomic mass is 35.5. The Morgan fingerprint density at radius 3 is 3.00 bits per heavy atom.